The smallest absolute Gasteiger partial charge is 0.410 e. The Hall–Kier alpha value is -0.770. The average Bonchev–Trinajstić information content (AvgIpc) is 2.25. The van der Waals surface area contributed by atoms with Crippen LogP contribution in [0, 0.1) is 5.92 Å². The fourth-order valence-corrected chi connectivity index (χ4v) is 2.05. The lowest BCUT2D eigenvalue weighted by Gasteiger charge is -2.39. The molecule has 1 fully saturated rings. The number of nitrogens with one attached hydrogen (secondary N) is 1. The summed E-state index contributed by atoms with van der Waals surface area (Å²) in [5.41, 5.74) is -0.415. The molecule has 1 aliphatic rings. The van der Waals surface area contributed by atoms with E-state index in [9.17, 15) is 4.79 Å². The maximum atomic E-state index is 12.1. The third kappa shape index (κ3) is 4.19. The van der Waals surface area contributed by atoms with Crippen LogP contribution in [0.2, 0.25) is 0 Å². The zero-order chi connectivity index (χ0) is 13.1. The molecule has 1 saturated heterocycles. The highest BCUT2D eigenvalue weighted by atomic mass is 16.6. The average molecular weight is 242 g/mol. The number of carbonyl (C=O) groups excluding carboxylic acids is 1. The van der Waals surface area contributed by atoms with Crippen LogP contribution in [-0.2, 0) is 4.74 Å². The molecule has 2 atom stereocenters. The van der Waals surface area contributed by atoms with E-state index in [0.29, 0.717) is 5.92 Å². The molecule has 100 valence electrons. The first-order chi connectivity index (χ1) is 7.85. The summed E-state index contributed by atoms with van der Waals surface area (Å²) in [6.45, 7) is 12.5. The van der Waals surface area contributed by atoms with Gasteiger partial charge in [-0.2, -0.15) is 0 Å². The van der Waals surface area contributed by atoms with Gasteiger partial charge in [0.2, 0.25) is 0 Å². The Kier molecular flexibility index (Phi) is 4.80. The van der Waals surface area contributed by atoms with Crippen molar-refractivity contribution in [1.82, 2.24) is 10.2 Å². The Bertz CT molecular complexity index is 261. The van der Waals surface area contributed by atoms with Crippen LogP contribution in [0.3, 0.4) is 0 Å². The Morgan fingerprint density at radius 3 is 2.71 bits per heavy atom. The van der Waals surface area contributed by atoms with E-state index >= 15 is 0 Å². The monoisotopic (exact) mass is 242 g/mol. The van der Waals surface area contributed by atoms with Crippen molar-refractivity contribution in [3.05, 3.63) is 0 Å². The predicted molar refractivity (Wildman–Crippen MR) is 69.1 cm³/mol. The molecule has 0 aromatic heterocycles. The molecule has 0 aromatic rings. The largest absolute Gasteiger partial charge is 0.444 e. The second kappa shape index (κ2) is 5.71. The minimum absolute atomic E-state index is 0.177. The first kappa shape index (κ1) is 14.3. The molecule has 1 N–H and O–H groups in total. The number of rotatable bonds is 2. The van der Waals surface area contributed by atoms with Gasteiger partial charge in [-0.05, 0) is 26.7 Å². The summed E-state index contributed by atoms with van der Waals surface area (Å²) in [6.07, 6.45) is 0.898. The Morgan fingerprint density at radius 2 is 2.18 bits per heavy atom. The van der Waals surface area contributed by atoms with E-state index in [1.165, 1.54) is 0 Å². The highest BCUT2D eigenvalue weighted by molar-refractivity contribution is 5.68. The lowest BCUT2D eigenvalue weighted by molar-refractivity contribution is 0.00525. The zero-order valence-corrected chi connectivity index (χ0v) is 11.7. The van der Waals surface area contributed by atoms with E-state index in [4.69, 9.17) is 4.74 Å². The third-order valence-electron chi connectivity index (χ3n) is 3.21. The van der Waals surface area contributed by atoms with Crippen LogP contribution in [0.4, 0.5) is 4.79 Å². The second-order valence-electron chi connectivity index (χ2n) is 5.83. The molecular weight excluding hydrogens is 216 g/mol. The molecule has 1 heterocycles. The van der Waals surface area contributed by atoms with Gasteiger partial charge < -0.3 is 15.0 Å². The van der Waals surface area contributed by atoms with Crippen molar-refractivity contribution in [3.63, 3.8) is 0 Å². The molecule has 1 rings (SSSR count). The van der Waals surface area contributed by atoms with Gasteiger partial charge in [-0.15, -0.1) is 0 Å². The number of amides is 1. The van der Waals surface area contributed by atoms with E-state index in [2.05, 4.69) is 19.2 Å². The third-order valence-corrected chi connectivity index (χ3v) is 3.21. The number of hydrogen-bond acceptors (Lipinski definition) is 3. The van der Waals surface area contributed by atoms with E-state index in [1.807, 2.05) is 25.7 Å². The molecule has 1 unspecified atom stereocenters. The van der Waals surface area contributed by atoms with Crippen molar-refractivity contribution in [2.75, 3.05) is 19.6 Å². The highest BCUT2D eigenvalue weighted by Gasteiger charge is 2.32. The number of hydrogen-bond donors (Lipinski definition) is 1. The van der Waals surface area contributed by atoms with Crippen LogP contribution in [0.25, 0.3) is 0 Å². The molecular formula is C13H26N2O2. The van der Waals surface area contributed by atoms with Gasteiger partial charge in [0.05, 0.1) is 6.04 Å². The van der Waals surface area contributed by atoms with Crippen LogP contribution >= 0.6 is 0 Å². The predicted octanol–water partition coefficient (Wildman–Crippen LogP) is 2.24. The summed E-state index contributed by atoms with van der Waals surface area (Å²) in [5.74, 6) is 0.496. The number of nitrogens with zero attached hydrogens (tertiary/aromatic N) is 1. The van der Waals surface area contributed by atoms with Gasteiger partial charge in [0.1, 0.15) is 5.60 Å². The minimum atomic E-state index is -0.415. The van der Waals surface area contributed by atoms with Gasteiger partial charge in [0, 0.05) is 19.6 Å². The van der Waals surface area contributed by atoms with Gasteiger partial charge in [-0.1, -0.05) is 20.3 Å². The molecule has 17 heavy (non-hydrogen) atoms. The molecule has 0 bridgehead atoms. The maximum absolute atomic E-state index is 12.1. The van der Waals surface area contributed by atoms with Crippen LogP contribution < -0.4 is 5.32 Å². The molecule has 0 aliphatic carbocycles. The van der Waals surface area contributed by atoms with E-state index in [0.717, 1.165) is 26.1 Å². The van der Waals surface area contributed by atoms with Gasteiger partial charge in [0.15, 0.2) is 0 Å². The molecule has 0 saturated carbocycles. The highest BCUT2D eigenvalue weighted by Crippen LogP contribution is 2.19. The summed E-state index contributed by atoms with van der Waals surface area (Å²) in [7, 11) is 0. The summed E-state index contributed by atoms with van der Waals surface area (Å²) in [4.78, 5) is 14.0. The first-order valence-corrected chi connectivity index (χ1v) is 6.55. The normalized spacial score (nSPS) is 23.4. The standard InChI is InChI=1S/C13H26N2O2/c1-6-10(2)11-9-14-7-8-15(11)12(16)17-13(3,4)5/h10-11,14H,6-9H2,1-5H3/t10?,11-/m0/s1. The maximum Gasteiger partial charge on any atom is 0.410 e. The molecule has 1 amide bonds. The van der Waals surface area contributed by atoms with Crippen LogP contribution in [0.1, 0.15) is 41.0 Å². The van der Waals surface area contributed by atoms with Crippen molar-refractivity contribution in [2.45, 2.75) is 52.7 Å². The topological polar surface area (TPSA) is 41.6 Å². The molecule has 0 spiro atoms. The summed E-state index contributed by atoms with van der Waals surface area (Å²) < 4.78 is 5.46. The van der Waals surface area contributed by atoms with Crippen molar-refractivity contribution in [2.24, 2.45) is 5.92 Å². The van der Waals surface area contributed by atoms with Gasteiger partial charge in [-0.3, -0.25) is 0 Å². The van der Waals surface area contributed by atoms with Crippen LogP contribution in [-0.4, -0.2) is 42.3 Å². The molecule has 1 aliphatic heterocycles. The van der Waals surface area contributed by atoms with Gasteiger partial charge in [-0.25, -0.2) is 4.79 Å². The zero-order valence-electron chi connectivity index (χ0n) is 11.7. The van der Waals surface area contributed by atoms with Crippen LogP contribution in [0.15, 0.2) is 0 Å². The molecule has 4 heteroatoms. The van der Waals surface area contributed by atoms with Gasteiger partial charge >= 0.3 is 6.09 Å². The first-order valence-electron chi connectivity index (χ1n) is 6.55. The SMILES string of the molecule is CCC(C)[C@@H]1CNCCN1C(=O)OC(C)(C)C. The lowest BCUT2D eigenvalue weighted by atomic mass is 9.96. The van der Waals surface area contributed by atoms with E-state index in [1.54, 1.807) is 0 Å². The summed E-state index contributed by atoms with van der Waals surface area (Å²) in [5, 5.41) is 3.35. The lowest BCUT2D eigenvalue weighted by Crippen LogP contribution is -2.56. The van der Waals surface area contributed by atoms with Crippen molar-refractivity contribution >= 4 is 6.09 Å². The van der Waals surface area contributed by atoms with E-state index < -0.39 is 5.60 Å². The second-order valence-corrected chi connectivity index (χ2v) is 5.83. The van der Waals surface area contributed by atoms with E-state index in [-0.39, 0.29) is 12.1 Å². The summed E-state index contributed by atoms with van der Waals surface area (Å²) in [6, 6.07) is 0.253. The molecule has 4 nitrogen and oxygen atoms in total. The Morgan fingerprint density at radius 1 is 1.53 bits per heavy atom. The number of piperazine rings is 1. The quantitative estimate of drug-likeness (QED) is 0.807. The summed E-state index contributed by atoms with van der Waals surface area (Å²) >= 11 is 0. The van der Waals surface area contributed by atoms with Crippen molar-refractivity contribution < 1.29 is 9.53 Å². The Balaban J connectivity index is 2.67. The molecule has 0 radical (unpaired) electrons. The van der Waals surface area contributed by atoms with Crippen LogP contribution in [0.5, 0.6) is 0 Å². The van der Waals surface area contributed by atoms with Crippen molar-refractivity contribution in [3.8, 4) is 0 Å². The Labute approximate surface area is 105 Å². The minimum Gasteiger partial charge on any atom is -0.444 e. The number of carbonyl (C=O) groups is 1. The fourth-order valence-electron chi connectivity index (χ4n) is 2.05. The molecule has 0 aromatic carbocycles. The number of ether oxygens (including phenoxy) is 1. The van der Waals surface area contributed by atoms with Gasteiger partial charge in [0.25, 0.3) is 0 Å². The van der Waals surface area contributed by atoms with Crippen molar-refractivity contribution in [1.29, 1.82) is 0 Å². The fraction of sp³-hybridized carbons (Fsp3) is 0.923.